The van der Waals surface area contributed by atoms with Crippen LogP contribution >= 0.6 is 0 Å². The van der Waals surface area contributed by atoms with Gasteiger partial charge < -0.3 is 19.7 Å². The van der Waals surface area contributed by atoms with Gasteiger partial charge in [-0.05, 0) is 68.7 Å². The molecule has 43 heavy (non-hydrogen) atoms. The van der Waals surface area contributed by atoms with Crippen molar-refractivity contribution < 1.29 is 27.5 Å². The zero-order valence-corrected chi connectivity index (χ0v) is 26.1. The van der Waals surface area contributed by atoms with E-state index in [1.807, 2.05) is 19.1 Å². The molecular weight excluding hydrogens is 566 g/mol. The predicted molar refractivity (Wildman–Crippen MR) is 167 cm³/mol. The minimum atomic E-state index is -4.20. The zero-order valence-electron chi connectivity index (χ0n) is 25.3. The number of ether oxygens (including phenoxy) is 2. The molecule has 2 amide bonds. The molecule has 3 aromatic carbocycles. The predicted octanol–water partition coefficient (Wildman–Crippen LogP) is 5.07. The van der Waals surface area contributed by atoms with Crippen LogP contribution in [0.1, 0.15) is 50.2 Å². The molecule has 0 heterocycles. The van der Waals surface area contributed by atoms with E-state index in [1.165, 1.54) is 24.1 Å². The molecule has 0 aromatic heterocycles. The second kappa shape index (κ2) is 14.4. The number of carbonyl (C=O) groups excluding carboxylic acids is 2. The van der Waals surface area contributed by atoms with Gasteiger partial charge in [0.15, 0.2) is 0 Å². The summed E-state index contributed by atoms with van der Waals surface area (Å²) in [5.74, 6) is 0.110. The van der Waals surface area contributed by atoms with E-state index in [2.05, 4.69) is 5.32 Å². The Labute approximate surface area is 254 Å². The van der Waals surface area contributed by atoms with E-state index >= 15 is 0 Å². The number of aryl methyl sites for hydroxylation is 1. The lowest BCUT2D eigenvalue weighted by Crippen LogP contribution is -2.53. The summed E-state index contributed by atoms with van der Waals surface area (Å²) in [5, 5.41) is 3.12. The van der Waals surface area contributed by atoms with Gasteiger partial charge in [0.2, 0.25) is 11.8 Å². The molecule has 230 valence electrons. The molecule has 10 heteroatoms. The van der Waals surface area contributed by atoms with Crippen molar-refractivity contribution in [1.29, 1.82) is 0 Å². The van der Waals surface area contributed by atoms with Crippen molar-refractivity contribution in [3.05, 3.63) is 83.9 Å². The van der Waals surface area contributed by atoms with Crippen molar-refractivity contribution in [2.45, 2.75) is 69.5 Å². The molecule has 0 spiro atoms. The van der Waals surface area contributed by atoms with Gasteiger partial charge >= 0.3 is 0 Å². The quantitative estimate of drug-likeness (QED) is 0.308. The minimum absolute atomic E-state index is 0.0410. The third-order valence-electron chi connectivity index (χ3n) is 7.85. The summed E-state index contributed by atoms with van der Waals surface area (Å²) in [4.78, 5) is 29.2. The molecule has 1 aliphatic carbocycles. The van der Waals surface area contributed by atoms with Gasteiger partial charge in [-0.2, -0.15) is 0 Å². The standard InChI is InChI=1S/C33H41N3O6S/c1-24-17-19-29(20-18-24)43(39,40)36(30-15-8-9-16-31(30)42-4)23-32(37)35(22-26-11-10-14-28(21-26)41-3)25(2)33(38)34-27-12-6-5-7-13-27/h8-11,14-21,25,27H,5-7,12-13,22-23H2,1-4H3,(H,34,38)/t25-/m1/s1. The molecular formula is C33H41N3O6S. The smallest absolute Gasteiger partial charge is 0.264 e. The highest BCUT2D eigenvalue weighted by atomic mass is 32.2. The summed E-state index contributed by atoms with van der Waals surface area (Å²) in [6.45, 7) is 3.09. The lowest BCUT2D eigenvalue weighted by Gasteiger charge is -2.33. The molecule has 0 saturated heterocycles. The first-order chi connectivity index (χ1) is 20.6. The van der Waals surface area contributed by atoms with E-state index in [9.17, 15) is 18.0 Å². The van der Waals surface area contributed by atoms with Gasteiger partial charge in [0.25, 0.3) is 10.0 Å². The van der Waals surface area contributed by atoms with Crippen LogP contribution in [0.2, 0.25) is 0 Å². The zero-order chi connectivity index (χ0) is 31.0. The van der Waals surface area contributed by atoms with Crippen LogP contribution in [0.4, 0.5) is 5.69 Å². The Morgan fingerprint density at radius 2 is 1.63 bits per heavy atom. The molecule has 1 saturated carbocycles. The number of nitrogens with one attached hydrogen (secondary N) is 1. The maximum atomic E-state index is 14.2. The van der Waals surface area contributed by atoms with Crippen molar-refractivity contribution in [3.8, 4) is 11.5 Å². The van der Waals surface area contributed by atoms with Crippen LogP contribution in [0.25, 0.3) is 0 Å². The SMILES string of the molecule is COc1cccc(CN(C(=O)CN(c2ccccc2OC)S(=O)(=O)c2ccc(C)cc2)[C@H](C)C(=O)NC2CCCCC2)c1. The topological polar surface area (TPSA) is 105 Å². The van der Waals surface area contributed by atoms with Gasteiger partial charge in [0.05, 0.1) is 24.8 Å². The second-order valence-electron chi connectivity index (χ2n) is 10.9. The van der Waals surface area contributed by atoms with E-state index in [-0.39, 0.29) is 29.1 Å². The molecule has 1 atom stereocenters. The Bertz CT molecular complexity index is 1500. The summed E-state index contributed by atoms with van der Waals surface area (Å²) in [5.41, 5.74) is 1.87. The molecule has 1 fully saturated rings. The molecule has 1 N–H and O–H groups in total. The Balaban J connectivity index is 1.71. The molecule has 9 nitrogen and oxygen atoms in total. The van der Waals surface area contributed by atoms with Crippen LogP contribution in [0, 0.1) is 6.92 Å². The number of benzene rings is 3. The van der Waals surface area contributed by atoms with Gasteiger partial charge in [-0.25, -0.2) is 8.42 Å². The van der Waals surface area contributed by atoms with Gasteiger partial charge in [-0.1, -0.05) is 61.2 Å². The average Bonchev–Trinajstić information content (AvgIpc) is 3.02. The van der Waals surface area contributed by atoms with Gasteiger partial charge in [-0.15, -0.1) is 0 Å². The van der Waals surface area contributed by atoms with Crippen molar-refractivity contribution in [3.63, 3.8) is 0 Å². The number of hydrogen-bond donors (Lipinski definition) is 1. The maximum Gasteiger partial charge on any atom is 0.264 e. The third-order valence-corrected chi connectivity index (χ3v) is 9.62. The fourth-order valence-corrected chi connectivity index (χ4v) is 6.73. The summed E-state index contributed by atoms with van der Waals surface area (Å²) >= 11 is 0. The fraction of sp³-hybridized carbons (Fsp3) is 0.394. The molecule has 1 aliphatic rings. The number of anilines is 1. The molecule has 3 aromatic rings. The van der Waals surface area contributed by atoms with E-state index in [0.29, 0.717) is 11.5 Å². The molecule has 0 bridgehead atoms. The molecule has 0 radical (unpaired) electrons. The number of sulfonamides is 1. The van der Waals surface area contributed by atoms with Crippen LogP contribution in [-0.2, 0) is 26.2 Å². The number of carbonyl (C=O) groups is 2. The molecule has 0 aliphatic heterocycles. The first-order valence-corrected chi connectivity index (χ1v) is 16.0. The highest BCUT2D eigenvalue weighted by Gasteiger charge is 2.34. The van der Waals surface area contributed by atoms with Crippen LogP contribution in [0.5, 0.6) is 11.5 Å². The largest absolute Gasteiger partial charge is 0.497 e. The van der Waals surface area contributed by atoms with Crippen LogP contribution in [0.3, 0.4) is 0 Å². The van der Waals surface area contributed by atoms with E-state index in [0.717, 1.165) is 47.5 Å². The van der Waals surface area contributed by atoms with Gasteiger partial charge in [0.1, 0.15) is 24.1 Å². The van der Waals surface area contributed by atoms with Gasteiger partial charge in [-0.3, -0.25) is 13.9 Å². The summed E-state index contributed by atoms with van der Waals surface area (Å²) in [6.07, 6.45) is 5.06. The van der Waals surface area contributed by atoms with Crippen LogP contribution < -0.4 is 19.1 Å². The first-order valence-electron chi connectivity index (χ1n) is 14.6. The monoisotopic (exact) mass is 607 g/mol. The number of para-hydroxylation sites is 2. The first kappa shape index (κ1) is 31.9. The van der Waals surface area contributed by atoms with Crippen molar-refractivity contribution in [2.75, 3.05) is 25.1 Å². The Morgan fingerprint density at radius 3 is 2.30 bits per heavy atom. The second-order valence-corrected chi connectivity index (χ2v) is 12.8. The number of amides is 2. The lowest BCUT2D eigenvalue weighted by atomic mass is 9.95. The summed E-state index contributed by atoms with van der Waals surface area (Å²) in [6, 6.07) is 19.6. The summed E-state index contributed by atoms with van der Waals surface area (Å²) in [7, 11) is -1.19. The van der Waals surface area contributed by atoms with E-state index < -0.39 is 28.5 Å². The average molecular weight is 608 g/mol. The third kappa shape index (κ3) is 7.87. The Morgan fingerprint density at radius 1 is 0.930 bits per heavy atom. The fourth-order valence-electron chi connectivity index (χ4n) is 5.31. The number of rotatable bonds is 12. The van der Waals surface area contributed by atoms with E-state index in [4.69, 9.17) is 9.47 Å². The number of hydrogen-bond acceptors (Lipinski definition) is 6. The van der Waals surface area contributed by atoms with Crippen LogP contribution in [-0.4, -0.2) is 58.0 Å². The van der Waals surface area contributed by atoms with Crippen molar-refractivity contribution in [1.82, 2.24) is 10.2 Å². The van der Waals surface area contributed by atoms with Crippen LogP contribution in [0.15, 0.2) is 77.7 Å². The maximum absolute atomic E-state index is 14.2. The summed E-state index contributed by atoms with van der Waals surface area (Å²) < 4.78 is 40.1. The number of nitrogens with zero attached hydrogens (tertiary/aromatic N) is 2. The lowest BCUT2D eigenvalue weighted by molar-refractivity contribution is -0.139. The normalized spacial score (nSPS) is 14.4. The Hall–Kier alpha value is -4.05. The number of methoxy groups -OCH3 is 2. The highest BCUT2D eigenvalue weighted by Crippen LogP contribution is 2.32. The minimum Gasteiger partial charge on any atom is -0.497 e. The van der Waals surface area contributed by atoms with Crippen molar-refractivity contribution >= 4 is 27.5 Å². The van der Waals surface area contributed by atoms with Crippen molar-refractivity contribution in [2.24, 2.45) is 0 Å². The molecule has 4 rings (SSSR count). The van der Waals surface area contributed by atoms with E-state index in [1.54, 1.807) is 62.6 Å². The molecule has 0 unspecified atom stereocenters. The highest BCUT2D eigenvalue weighted by molar-refractivity contribution is 7.92. The Kier molecular flexibility index (Phi) is 10.7. The van der Waals surface area contributed by atoms with Gasteiger partial charge in [0, 0.05) is 12.6 Å².